The van der Waals surface area contributed by atoms with Gasteiger partial charge in [-0.05, 0) is 127 Å². The number of rotatable bonds is 20. The van der Waals surface area contributed by atoms with Crippen LogP contribution in [0.15, 0.2) is 84.9 Å². The molecule has 75 heavy (non-hydrogen) atoms. The van der Waals surface area contributed by atoms with Crippen LogP contribution in [0.4, 0.5) is 0 Å². The summed E-state index contributed by atoms with van der Waals surface area (Å²) in [5, 5.41) is 3.67. The highest BCUT2D eigenvalue weighted by Crippen LogP contribution is 2.66. The zero-order chi connectivity index (χ0) is 53.8. The number of amides is 2. The molecule has 4 aromatic carbocycles. The molecular weight excluding hydrogens is 969 g/mol. The Morgan fingerprint density at radius 2 is 1.47 bits per heavy atom. The SMILES string of the molecule is C[C@H](CC(=O)[C@@H]1Cc2ccc(OCCN)c(c2)-c2cc(ccc2OCCN)[C@H](N(C)C(=O)[C@H](CCCCN)CC(=O)c2ccc(-c3ccc(Cl)cc3)cc2)C(=O)C[C@@H](C)C(=O)N1)B1O[C@@H]2C[C@@H]3C[C@@H](C3(C)C)[C@]2(C)O1. The van der Waals surface area contributed by atoms with E-state index in [9.17, 15) is 14.4 Å². The van der Waals surface area contributed by atoms with E-state index in [1.165, 1.54) is 4.90 Å². The van der Waals surface area contributed by atoms with Gasteiger partial charge in [0.2, 0.25) is 11.8 Å². The highest BCUT2D eigenvalue weighted by Gasteiger charge is 2.68. The lowest BCUT2D eigenvalue weighted by Crippen LogP contribution is -2.65. The molecule has 4 aromatic rings. The molecular formula is C59H75BClN5O9. The minimum absolute atomic E-state index is 0.0486. The number of hydrogen-bond donors (Lipinski definition) is 4. The lowest BCUT2D eigenvalue weighted by Gasteiger charge is -2.64. The van der Waals surface area contributed by atoms with E-state index < -0.39 is 54.2 Å². The number of nitrogens with two attached hydrogens (primary N) is 3. The molecule has 1 saturated heterocycles. The molecule has 0 radical (unpaired) electrons. The van der Waals surface area contributed by atoms with Crippen molar-refractivity contribution in [2.75, 3.05) is 39.9 Å². The first-order valence-electron chi connectivity index (χ1n) is 26.8. The van der Waals surface area contributed by atoms with Crippen molar-refractivity contribution in [2.45, 2.75) is 122 Å². The predicted molar refractivity (Wildman–Crippen MR) is 292 cm³/mol. The average molecular weight is 1040 g/mol. The Kier molecular flexibility index (Phi) is 17.8. The van der Waals surface area contributed by atoms with E-state index in [0.29, 0.717) is 76.4 Å². The highest BCUT2D eigenvalue weighted by atomic mass is 35.5. The number of Topliss-reactive ketones (excluding diaryl/α,β-unsaturated/α-hetero) is 3. The van der Waals surface area contributed by atoms with Crippen LogP contribution in [0.25, 0.3) is 22.3 Å². The number of likely N-dealkylation sites (N-methyl/N-ethyl adjacent to an activating group) is 1. The fourth-order valence-corrected chi connectivity index (χ4v) is 12.3. The second kappa shape index (κ2) is 23.9. The Hall–Kier alpha value is -5.42. The number of nitrogens with one attached hydrogen (secondary N) is 1. The molecule has 2 heterocycles. The summed E-state index contributed by atoms with van der Waals surface area (Å²) in [5.41, 5.74) is 22.2. The number of unbranched alkanes of at least 4 members (excludes halogenated alkanes) is 1. The van der Waals surface area contributed by atoms with Crippen LogP contribution in [0.2, 0.25) is 10.8 Å². The molecule has 0 aromatic heterocycles. The number of halogens is 1. The van der Waals surface area contributed by atoms with Crippen molar-refractivity contribution in [1.82, 2.24) is 10.2 Å². The number of benzene rings is 4. The van der Waals surface area contributed by atoms with Gasteiger partial charge in [0.25, 0.3) is 0 Å². The average Bonchev–Trinajstić information content (AvgIpc) is 3.77. The number of ketones is 3. The van der Waals surface area contributed by atoms with Crippen LogP contribution >= 0.6 is 11.6 Å². The third-order valence-electron chi connectivity index (χ3n) is 16.7. The number of nitrogens with zero attached hydrogens (tertiary/aromatic N) is 1. The van der Waals surface area contributed by atoms with E-state index in [1.54, 1.807) is 38.2 Å². The van der Waals surface area contributed by atoms with Crippen molar-refractivity contribution in [2.24, 2.45) is 46.3 Å². The van der Waals surface area contributed by atoms with Crippen LogP contribution in [0, 0.1) is 29.1 Å². The van der Waals surface area contributed by atoms with E-state index in [-0.39, 0.29) is 80.9 Å². The summed E-state index contributed by atoms with van der Waals surface area (Å²) in [6, 6.07) is 23.4. The number of carbonyl (C=O) groups excluding carboxylic acids is 5. The normalized spacial score (nSPS) is 24.7. The zero-order valence-corrected chi connectivity index (χ0v) is 45.2. The van der Waals surface area contributed by atoms with E-state index >= 15 is 9.59 Å². The summed E-state index contributed by atoms with van der Waals surface area (Å²) in [6.07, 6.45) is 3.40. The van der Waals surface area contributed by atoms with Gasteiger partial charge in [0.05, 0.1) is 17.7 Å². The molecule has 400 valence electrons. The quantitative estimate of drug-likeness (QED) is 0.0372. The fraction of sp³-hybridized carbons (Fsp3) is 0.508. The number of fused-ring (bicyclic) bond motifs is 5. The summed E-state index contributed by atoms with van der Waals surface area (Å²) in [4.78, 5) is 74.8. The smallest absolute Gasteiger partial charge is 0.461 e. The van der Waals surface area contributed by atoms with Crippen molar-refractivity contribution < 1.29 is 42.8 Å². The largest absolute Gasteiger partial charge is 0.492 e. The van der Waals surface area contributed by atoms with Gasteiger partial charge in [-0.25, -0.2) is 0 Å². The van der Waals surface area contributed by atoms with Gasteiger partial charge in [0.15, 0.2) is 17.3 Å². The van der Waals surface area contributed by atoms with E-state index in [1.807, 2.05) is 67.6 Å². The standard InChI is InChI=1S/C59H75BClN5O9/c1-35-27-50(69)55(66(6)57(71)42(9-7-8-22-62)32-48(67)40-13-11-38(12-14-40)39-15-18-44(61)19-16-39)41-17-21-52(73-26-24-64)46(31-41)45-29-37(10-20-51(45)72-25-23-63)30-47(65-56(35)70)49(68)28-36(2)60-74-54-34-43-33-53(58(43,3)4)59(54,5)75-60/h10-21,29,31,35-36,42-43,47,53-55H,7-9,22-28,30,32-34,62-64H2,1-6H3,(H,65,70)/t35-,36-,42-,43+,47+,53+,54-,55+,59+/m1/s1. The first kappa shape index (κ1) is 55.8. The van der Waals surface area contributed by atoms with E-state index in [0.717, 1.165) is 29.5 Å². The van der Waals surface area contributed by atoms with Gasteiger partial charge in [0, 0.05) is 72.9 Å². The number of ether oxygens (including phenoxy) is 2. The first-order chi connectivity index (χ1) is 35.9. The van der Waals surface area contributed by atoms with Crippen LogP contribution in [0.1, 0.15) is 114 Å². The number of hydrogen-bond acceptors (Lipinski definition) is 12. The van der Waals surface area contributed by atoms with Gasteiger partial charge < -0.3 is 46.2 Å². The van der Waals surface area contributed by atoms with Gasteiger partial charge in [-0.15, -0.1) is 0 Å². The minimum atomic E-state index is -1.20. The van der Waals surface area contributed by atoms with Crippen LogP contribution in [-0.4, -0.2) is 98.8 Å². The van der Waals surface area contributed by atoms with Crippen LogP contribution < -0.4 is 32.0 Å². The molecule has 16 heteroatoms. The Bertz CT molecular complexity index is 2720. The zero-order valence-electron chi connectivity index (χ0n) is 44.4. The summed E-state index contributed by atoms with van der Waals surface area (Å²) in [6.45, 7) is 11.6. The molecule has 4 fully saturated rings. The summed E-state index contributed by atoms with van der Waals surface area (Å²) in [5.74, 6) is -1.87. The van der Waals surface area contributed by atoms with Gasteiger partial charge in [-0.1, -0.05) is 94.2 Å². The molecule has 3 saturated carbocycles. The monoisotopic (exact) mass is 1040 g/mol. The summed E-state index contributed by atoms with van der Waals surface area (Å²) < 4.78 is 25.9. The van der Waals surface area contributed by atoms with Crippen LogP contribution in [0.5, 0.6) is 11.5 Å². The van der Waals surface area contributed by atoms with Crippen LogP contribution in [-0.2, 0) is 34.9 Å². The third kappa shape index (κ3) is 12.1. The molecule has 9 rings (SSSR count). The van der Waals surface area contributed by atoms with Crippen molar-refractivity contribution in [3.8, 4) is 33.8 Å². The van der Waals surface area contributed by atoms with Crippen molar-refractivity contribution in [1.29, 1.82) is 0 Å². The molecule has 5 aliphatic rings. The van der Waals surface area contributed by atoms with Gasteiger partial charge in [-0.2, -0.15) is 0 Å². The Labute approximate surface area is 447 Å². The molecule has 7 N–H and O–H groups in total. The van der Waals surface area contributed by atoms with Crippen molar-refractivity contribution in [3.63, 3.8) is 0 Å². The molecule has 2 amide bonds. The maximum Gasteiger partial charge on any atom is 0.461 e. The maximum atomic E-state index is 15.1. The highest BCUT2D eigenvalue weighted by molar-refractivity contribution is 6.47. The summed E-state index contributed by atoms with van der Waals surface area (Å²) >= 11 is 6.12. The van der Waals surface area contributed by atoms with Crippen LogP contribution in [0.3, 0.4) is 0 Å². The van der Waals surface area contributed by atoms with Crippen molar-refractivity contribution >= 4 is 47.9 Å². The maximum absolute atomic E-state index is 15.1. The number of carbonyl (C=O) groups is 5. The molecule has 6 bridgehead atoms. The van der Waals surface area contributed by atoms with Gasteiger partial charge in [0.1, 0.15) is 30.8 Å². The molecule has 2 aliphatic heterocycles. The predicted octanol–water partition coefficient (Wildman–Crippen LogP) is 8.58. The topological polar surface area (TPSA) is 216 Å². The minimum Gasteiger partial charge on any atom is -0.492 e. The Balaban J connectivity index is 1.11. The lowest BCUT2D eigenvalue weighted by atomic mass is 9.43. The lowest BCUT2D eigenvalue weighted by molar-refractivity contribution is -0.199. The second-order valence-corrected chi connectivity index (χ2v) is 22.7. The molecule has 9 atom stereocenters. The fourth-order valence-electron chi connectivity index (χ4n) is 12.2. The Morgan fingerprint density at radius 1 is 0.827 bits per heavy atom. The molecule has 0 unspecified atom stereocenters. The molecule has 14 nitrogen and oxygen atoms in total. The van der Waals surface area contributed by atoms with Gasteiger partial charge >= 0.3 is 7.12 Å². The van der Waals surface area contributed by atoms with Gasteiger partial charge in [-0.3, -0.25) is 24.0 Å². The van der Waals surface area contributed by atoms with Crippen molar-refractivity contribution in [3.05, 3.63) is 107 Å². The van der Waals surface area contributed by atoms with E-state index in [2.05, 4.69) is 26.1 Å². The first-order valence-corrected chi connectivity index (χ1v) is 27.2. The molecule has 0 spiro atoms. The second-order valence-electron chi connectivity index (χ2n) is 22.2. The molecule has 3 aliphatic carbocycles. The third-order valence-corrected chi connectivity index (χ3v) is 16.9. The van der Waals surface area contributed by atoms with E-state index in [4.69, 9.17) is 47.6 Å². The Morgan fingerprint density at radius 3 is 2.11 bits per heavy atom. The summed E-state index contributed by atoms with van der Waals surface area (Å²) in [7, 11) is 0.985.